The van der Waals surface area contributed by atoms with Crippen molar-refractivity contribution in [2.45, 2.75) is 45.1 Å². The maximum atomic E-state index is 12.6. The Morgan fingerprint density at radius 1 is 1.35 bits per heavy atom. The van der Waals surface area contributed by atoms with Crippen LogP contribution in [0.15, 0.2) is 10.9 Å². The first-order valence-electron chi connectivity index (χ1n) is 5.87. The van der Waals surface area contributed by atoms with Gasteiger partial charge in [-0.05, 0) is 0 Å². The lowest BCUT2D eigenvalue weighted by Crippen LogP contribution is -2.32. The Kier molecular flexibility index (Phi) is 4.90. The van der Waals surface area contributed by atoms with Crippen molar-refractivity contribution in [2.75, 3.05) is 6.61 Å². The average molecular weight is 296 g/mol. The molecule has 0 bridgehead atoms. The van der Waals surface area contributed by atoms with Crippen LogP contribution in [0.25, 0.3) is 0 Å². The Morgan fingerprint density at radius 3 is 2.45 bits per heavy atom. The van der Waals surface area contributed by atoms with Crippen LogP contribution >= 0.6 is 0 Å². The summed E-state index contributed by atoms with van der Waals surface area (Å²) in [6.45, 7) is 3.56. The van der Waals surface area contributed by atoms with Crippen LogP contribution in [0.4, 0.5) is 17.6 Å². The fourth-order valence-electron chi connectivity index (χ4n) is 1.31. The fraction of sp³-hybridized carbons (Fsp3) is 0.667. The van der Waals surface area contributed by atoms with Gasteiger partial charge in [-0.3, -0.25) is 4.79 Å². The number of nitrogens with one attached hydrogen (secondary N) is 1. The molecule has 0 atom stereocenters. The number of ether oxygens (including phenoxy) is 1. The topological polar surface area (TPSA) is 55.0 Å². The van der Waals surface area contributed by atoms with Crippen LogP contribution in [0, 0.1) is 0 Å². The summed E-state index contributed by atoms with van der Waals surface area (Å²) < 4.78 is 53.6. The standard InChI is InChI=1S/C12H16F4N2O2/c1-11(2,3)7-4-9(19)18-8(17-7)5-20-6-12(15,16)10(13)14/h4,10H,5-6H2,1-3H3,(H,17,18,19). The number of aromatic amines is 1. The van der Waals surface area contributed by atoms with Gasteiger partial charge in [-0.25, -0.2) is 13.8 Å². The predicted molar refractivity (Wildman–Crippen MR) is 64.2 cm³/mol. The van der Waals surface area contributed by atoms with E-state index in [1.54, 1.807) is 0 Å². The van der Waals surface area contributed by atoms with E-state index in [1.165, 1.54) is 6.07 Å². The maximum absolute atomic E-state index is 12.6. The largest absolute Gasteiger partial charge is 0.367 e. The molecule has 1 N–H and O–H groups in total. The van der Waals surface area contributed by atoms with Crippen molar-refractivity contribution in [3.8, 4) is 0 Å². The van der Waals surface area contributed by atoms with E-state index in [9.17, 15) is 22.4 Å². The van der Waals surface area contributed by atoms with Crippen molar-refractivity contribution in [2.24, 2.45) is 0 Å². The first-order valence-corrected chi connectivity index (χ1v) is 5.87. The molecule has 0 unspecified atom stereocenters. The quantitative estimate of drug-likeness (QED) is 0.849. The summed E-state index contributed by atoms with van der Waals surface area (Å²) >= 11 is 0. The zero-order chi connectivity index (χ0) is 15.6. The summed E-state index contributed by atoms with van der Waals surface area (Å²) in [6.07, 6.45) is -3.80. The highest BCUT2D eigenvalue weighted by Crippen LogP contribution is 2.23. The minimum atomic E-state index is -4.22. The fourth-order valence-corrected chi connectivity index (χ4v) is 1.31. The summed E-state index contributed by atoms with van der Waals surface area (Å²) in [6, 6.07) is 1.29. The van der Waals surface area contributed by atoms with Crippen molar-refractivity contribution in [3.05, 3.63) is 27.9 Å². The maximum Gasteiger partial charge on any atom is 0.330 e. The molecule has 114 valence electrons. The first-order chi connectivity index (χ1) is 9.02. The Morgan fingerprint density at radius 2 is 1.95 bits per heavy atom. The van der Waals surface area contributed by atoms with Gasteiger partial charge in [0, 0.05) is 11.5 Å². The van der Waals surface area contributed by atoms with Gasteiger partial charge in [0.25, 0.3) is 5.56 Å². The second-order valence-electron chi connectivity index (χ2n) is 5.38. The van der Waals surface area contributed by atoms with Gasteiger partial charge >= 0.3 is 12.3 Å². The van der Waals surface area contributed by atoms with Crippen molar-refractivity contribution in [1.29, 1.82) is 0 Å². The minimum absolute atomic E-state index is 0.0208. The number of hydrogen-bond donors (Lipinski definition) is 1. The van der Waals surface area contributed by atoms with Crippen molar-refractivity contribution < 1.29 is 22.3 Å². The molecule has 1 rings (SSSR count). The zero-order valence-corrected chi connectivity index (χ0v) is 11.3. The van der Waals surface area contributed by atoms with E-state index >= 15 is 0 Å². The molecule has 0 amide bonds. The van der Waals surface area contributed by atoms with Crippen LogP contribution in [0.3, 0.4) is 0 Å². The Hall–Kier alpha value is -1.44. The number of nitrogens with zero attached hydrogens (tertiary/aromatic N) is 1. The highest BCUT2D eigenvalue weighted by molar-refractivity contribution is 5.12. The molecule has 0 aromatic carbocycles. The third-order valence-electron chi connectivity index (χ3n) is 2.41. The molecule has 0 aliphatic carbocycles. The average Bonchev–Trinajstić information content (AvgIpc) is 2.26. The van der Waals surface area contributed by atoms with E-state index in [0.717, 1.165) is 0 Å². The van der Waals surface area contributed by atoms with Gasteiger partial charge in [-0.2, -0.15) is 8.78 Å². The molecule has 0 radical (unpaired) electrons. The third kappa shape index (κ3) is 4.59. The van der Waals surface area contributed by atoms with Gasteiger partial charge in [0.2, 0.25) is 0 Å². The van der Waals surface area contributed by atoms with E-state index in [0.29, 0.717) is 5.69 Å². The highest BCUT2D eigenvalue weighted by atomic mass is 19.3. The molecule has 0 aliphatic heterocycles. The summed E-state index contributed by atoms with van der Waals surface area (Å²) in [4.78, 5) is 17.8. The molecule has 4 nitrogen and oxygen atoms in total. The van der Waals surface area contributed by atoms with Crippen LogP contribution in [0.5, 0.6) is 0 Å². The van der Waals surface area contributed by atoms with Crippen LogP contribution in [0.2, 0.25) is 0 Å². The van der Waals surface area contributed by atoms with E-state index in [2.05, 4.69) is 14.7 Å². The van der Waals surface area contributed by atoms with Crippen molar-refractivity contribution in [1.82, 2.24) is 9.97 Å². The summed E-state index contributed by atoms with van der Waals surface area (Å²) in [5.74, 6) is -4.20. The van der Waals surface area contributed by atoms with E-state index in [-0.39, 0.29) is 5.82 Å². The smallest absolute Gasteiger partial charge is 0.330 e. The number of halogens is 4. The van der Waals surface area contributed by atoms with Crippen LogP contribution < -0.4 is 5.56 Å². The van der Waals surface area contributed by atoms with Gasteiger partial charge in [-0.1, -0.05) is 20.8 Å². The molecule has 1 aromatic heterocycles. The Labute approximate surface area is 113 Å². The second kappa shape index (κ2) is 5.90. The molecule has 1 aromatic rings. The molecule has 0 saturated heterocycles. The normalized spacial score (nSPS) is 13.0. The number of aromatic nitrogens is 2. The molecular weight excluding hydrogens is 280 g/mol. The minimum Gasteiger partial charge on any atom is -0.367 e. The lowest BCUT2D eigenvalue weighted by Gasteiger charge is -2.18. The first kappa shape index (κ1) is 16.6. The summed E-state index contributed by atoms with van der Waals surface area (Å²) in [5, 5.41) is 0. The van der Waals surface area contributed by atoms with Gasteiger partial charge in [0.05, 0.1) is 5.69 Å². The number of H-pyrrole nitrogens is 1. The molecule has 0 saturated carbocycles. The van der Waals surface area contributed by atoms with Crippen molar-refractivity contribution in [3.63, 3.8) is 0 Å². The van der Waals surface area contributed by atoms with Gasteiger partial charge < -0.3 is 9.72 Å². The predicted octanol–water partition coefficient (Wildman–Crippen LogP) is 2.48. The van der Waals surface area contributed by atoms with E-state index < -0.39 is 36.5 Å². The summed E-state index contributed by atoms with van der Waals surface area (Å²) in [5.41, 5.74) is -0.403. The Bertz CT molecular complexity index is 509. The van der Waals surface area contributed by atoms with Crippen LogP contribution in [-0.2, 0) is 16.8 Å². The third-order valence-corrected chi connectivity index (χ3v) is 2.41. The lowest BCUT2D eigenvalue weighted by molar-refractivity contribution is -0.168. The molecule has 1 heterocycles. The SMILES string of the molecule is CC(C)(C)c1cc(=O)[nH]c(COCC(F)(F)C(F)F)n1. The van der Waals surface area contributed by atoms with Crippen LogP contribution in [-0.4, -0.2) is 28.9 Å². The number of hydrogen-bond acceptors (Lipinski definition) is 3. The lowest BCUT2D eigenvalue weighted by atomic mass is 9.92. The van der Waals surface area contributed by atoms with Crippen molar-refractivity contribution >= 4 is 0 Å². The zero-order valence-electron chi connectivity index (χ0n) is 11.3. The number of alkyl halides is 4. The number of rotatable bonds is 5. The molecule has 0 aliphatic rings. The molecule has 8 heteroatoms. The summed E-state index contributed by atoms with van der Waals surface area (Å²) in [7, 11) is 0. The molecular formula is C12H16F4N2O2. The van der Waals surface area contributed by atoms with E-state index in [4.69, 9.17) is 0 Å². The monoisotopic (exact) mass is 296 g/mol. The van der Waals surface area contributed by atoms with Gasteiger partial charge in [-0.15, -0.1) is 0 Å². The molecule has 0 fully saturated rings. The highest BCUT2D eigenvalue weighted by Gasteiger charge is 2.41. The Balaban J connectivity index is 2.75. The molecule has 0 spiro atoms. The van der Waals surface area contributed by atoms with E-state index in [1.807, 2.05) is 20.8 Å². The van der Waals surface area contributed by atoms with Crippen LogP contribution in [0.1, 0.15) is 32.3 Å². The second-order valence-corrected chi connectivity index (χ2v) is 5.38. The van der Waals surface area contributed by atoms with Gasteiger partial charge in [0.15, 0.2) is 0 Å². The molecule has 20 heavy (non-hydrogen) atoms. The van der Waals surface area contributed by atoms with Gasteiger partial charge in [0.1, 0.15) is 19.0 Å².